The van der Waals surface area contributed by atoms with Crippen LogP contribution >= 0.6 is 0 Å². The molecule has 0 bridgehead atoms. The van der Waals surface area contributed by atoms with Crippen molar-refractivity contribution in [2.24, 2.45) is 0 Å². The van der Waals surface area contributed by atoms with Crippen LogP contribution in [0, 0.1) is 0 Å². The predicted molar refractivity (Wildman–Crippen MR) is 10.7 cm³/mol. The fraction of sp³-hybridized carbons (Fsp3) is 0. The van der Waals surface area contributed by atoms with Crippen LogP contribution in [-0.4, -0.2) is 16.4 Å². The van der Waals surface area contributed by atoms with Gasteiger partial charge in [-0.05, 0) is 0 Å². The van der Waals surface area contributed by atoms with E-state index in [4.69, 9.17) is 15.0 Å². The molecule has 2 N–H and O–H groups in total. The molecule has 0 saturated carbocycles. The molecule has 0 aromatic carbocycles. The molecule has 0 spiro atoms. The molecule has 0 rings (SSSR count). The Hall–Kier alpha value is 0.750. The molecule has 0 aliphatic heterocycles. The fourth-order valence-corrected chi connectivity index (χ4v) is 0. The summed E-state index contributed by atoms with van der Waals surface area (Å²) in [6, 6.07) is 0. The number of rotatable bonds is 0. The van der Waals surface area contributed by atoms with Crippen LogP contribution in [0.1, 0.15) is 0 Å². The fourth-order valence-electron chi connectivity index (χ4n) is 0. The Labute approximate surface area is 67.4 Å². The van der Waals surface area contributed by atoms with Crippen molar-refractivity contribution in [2.45, 2.75) is 0 Å². The number of halogens is 1. The largest absolute Gasteiger partial charge is 1.00 e. The van der Waals surface area contributed by atoms with Gasteiger partial charge in [0.25, 0.3) is 0 Å². The van der Waals surface area contributed by atoms with Crippen LogP contribution in [0.3, 0.4) is 0 Å². The second-order valence-electron chi connectivity index (χ2n) is 0.283. The van der Waals surface area contributed by atoms with Gasteiger partial charge < -0.3 is 27.2 Å². The Kier molecular flexibility index (Phi) is 24.4. The van der Waals surface area contributed by atoms with E-state index >= 15 is 0 Å². The zero-order chi connectivity index (χ0) is 3.58. The molecule has 0 radical (unpaired) electrons. The topological polar surface area (TPSA) is 57.5 Å². The summed E-state index contributed by atoms with van der Waals surface area (Å²) >= 11 is 0. The van der Waals surface area contributed by atoms with Gasteiger partial charge in [0.2, 0.25) is 0 Å². The van der Waals surface area contributed by atoms with Gasteiger partial charge in [0.1, 0.15) is 0 Å². The van der Waals surface area contributed by atoms with Crippen LogP contribution in [0.5, 0.6) is 0 Å². The van der Waals surface area contributed by atoms with Gasteiger partial charge in [-0.25, -0.2) is 4.79 Å². The first-order chi connectivity index (χ1) is 1.73. The minimum Gasteiger partial charge on any atom is -1.00 e. The number of carbonyl (C=O) groups is 1. The maximum atomic E-state index is 8.56. The third kappa shape index (κ3) is 119. The van der Waals surface area contributed by atoms with E-state index < -0.39 is 6.16 Å². The first kappa shape index (κ1) is 15.9. The summed E-state index contributed by atoms with van der Waals surface area (Å²) in [6.45, 7) is 0. The van der Waals surface area contributed by atoms with Gasteiger partial charge in [-0.15, -0.1) is 0 Å². The molecule has 0 heterocycles. The van der Waals surface area contributed by atoms with E-state index in [1.165, 1.54) is 0 Å². The van der Waals surface area contributed by atoms with Crippen molar-refractivity contribution >= 4 is 6.16 Å². The van der Waals surface area contributed by atoms with Crippen molar-refractivity contribution < 1.29 is 61.5 Å². The number of carboxylic acid groups (broad SMARTS) is 2. The van der Waals surface area contributed by atoms with E-state index in [2.05, 4.69) is 0 Å². The molecule has 0 atom stereocenters. The summed E-state index contributed by atoms with van der Waals surface area (Å²) in [5.41, 5.74) is 0. The average molecular weight is 165 g/mol. The normalized spacial score (nSPS) is 4.00. The molecule has 32 valence electrons. The summed E-state index contributed by atoms with van der Waals surface area (Å²) < 4.78 is 0. The first-order valence-electron chi connectivity index (χ1n) is 0.651. The van der Waals surface area contributed by atoms with Crippen LogP contribution < -0.4 is 46.5 Å². The van der Waals surface area contributed by atoms with Crippen LogP contribution in [0.25, 0.3) is 0 Å². The van der Waals surface area contributed by atoms with Gasteiger partial charge in [-0.2, -0.15) is 0 Å². The van der Waals surface area contributed by atoms with E-state index in [0.717, 1.165) is 0 Å². The monoisotopic (exact) mass is 164 g/mol. The minimum atomic E-state index is -1.83. The summed E-state index contributed by atoms with van der Waals surface area (Å²) in [6.07, 6.45) is -1.83. The van der Waals surface area contributed by atoms with E-state index in [9.17, 15) is 0 Å². The second-order valence-corrected chi connectivity index (χ2v) is 0.283. The quantitative estimate of drug-likeness (QED) is 0.351. The summed E-state index contributed by atoms with van der Waals surface area (Å²) in [7, 11) is 0. The number of hydrogen-bond acceptors (Lipinski definition) is 1. The van der Waals surface area contributed by atoms with Gasteiger partial charge in [0, 0.05) is 0 Å². The Morgan fingerprint density at radius 1 is 1.33 bits per heavy atom. The maximum absolute atomic E-state index is 8.56. The molecule has 0 unspecified atom stereocenters. The molecule has 0 aromatic rings. The van der Waals surface area contributed by atoms with Gasteiger partial charge in [-0.3, -0.25) is 0 Å². The van der Waals surface area contributed by atoms with Crippen LogP contribution in [0.4, 0.5) is 4.79 Å². The van der Waals surface area contributed by atoms with Crippen LogP contribution in [-0.2, 0) is 0 Å². The molecule has 0 amide bonds. The molecular formula is CH2BrNaO3. The summed E-state index contributed by atoms with van der Waals surface area (Å²) in [5, 5.41) is 13.9. The van der Waals surface area contributed by atoms with E-state index in [1.54, 1.807) is 0 Å². The zero-order valence-electron chi connectivity index (χ0n) is 3.18. The average Bonchev–Trinajstić information content (AvgIpc) is 0.811. The smallest absolute Gasteiger partial charge is 1.00 e. The molecule has 0 fully saturated rings. The molecule has 5 heteroatoms. The van der Waals surface area contributed by atoms with Crippen LogP contribution in [0.2, 0.25) is 0 Å². The van der Waals surface area contributed by atoms with Gasteiger partial charge in [0.05, 0.1) is 0 Å². The Balaban J connectivity index is -0.0000000450. The summed E-state index contributed by atoms with van der Waals surface area (Å²) in [5.74, 6) is 0. The Morgan fingerprint density at radius 3 is 1.33 bits per heavy atom. The third-order valence-corrected chi connectivity index (χ3v) is 0. The van der Waals surface area contributed by atoms with Crippen LogP contribution in [0.15, 0.2) is 0 Å². The van der Waals surface area contributed by atoms with Crippen molar-refractivity contribution in [2.75, 3.05) is 0 Å². The van der Waals surface area contributed by atoms with Gasteiger partial charge in [0.15, 0.2) is 0 Å². The first-order valence-corrected chi connectivity index (χ1v) is 0.651. The predicted octanol–water partition coefficient (Wildman–Crippen LogP) is -5.77. The van der Waals surface area contributed by atoms with E-state index in [0.29, 0.717) is 0 Å². The van der Waals surface area contributed by atoms with Crippen molar-refractivity contribution in [3.05, 3.63) is 0 Å². The second kappa shape index (κ2) is 9.23. The zero-order valence-corrected chi connectivity index (χ0v) is 6.77. The summed E-state index contributed by atoms with van der Waals surface area (Å²) in [4.78, 5) is 8.56. The molecule has 0 aliphatic rings. The Morgan fingerprint density at radius 2 is 1.33 bits per heavy atom. The molecule has 3 nitrogen and oxygen atoms in total. The van der Waals surface area contributed by atoms with E-state index in [-0.39, 0.29) is 46.5 Å². The van der Waals surface area contributed by atoms with Gasteiger partial charge in [-0.1, -0.05) is 0 Å². The molecule has 6 heavy (non-hydrogen) atoms. The van der Waals surface area contributed by atoms with Crippen molar-refractivity contribution in [3.63, 3.8) is 0 Å². The third-order valence-electron chi connectivity index (χ3n) is 0. The van der Waals surface area contributed by atoms with Gasteiger partial charge >= 0.3 is 35.7 Å². The number of hydrogen-bond donors (Lipinski definition) is 2. The molecular weight excluding hydrogens is 163 g/mol. The molecule has 0 aliphatic carbocycles. The Bertz CT molecular complexity index is 33.8. The SMILES string of the molecule is O=C(O)O.[Br-].[Na+]. The van der Waals surface area contributed by atoms with Crippen molar-refractivity contribution in [3.8, 4) is 0 Å². The minimum absolute atomic E-state index is 0. The molecule has 0 saturated heterocycles. The van der Waals surface area contributed by atoms with Crippen molar-refractivity contribution in [1.29, 1.82) is 0 Å². The standard InChI is InChI=1S/CH2O3.BrH.Na/c2-1(3)4;;/h(H2,2,3,4);1H;/q;;+1/p-1. The van der Waals surface area contributed by atoms with Crippen molar-refractivity contribution in [1.82, 2.24) is 0 Å². The van der Waals surface area contributed by atoms with E-state index in [1.807, 2.05) is 0 Å². The maximum Gasteiger partial charge on any atom is 1.00 e. The molecule has 0 aromatic heterocycles.